The molecule has 0 aliphatic heterocycles. The molecule has 4 nitrogen and oxygen atoms in total. The minimum absolute atomic E-state index is 0.112. The number of hydrogen-bond donors (Lipinski definition) is 2. The minimum atomic E-state index is -0.401. The van der Waals surface area contributed by atoms with Crippen LogP contribution in [0, 0.1) is 12.7 Å². The second-order valence-electron chi connectivity index (χ2n) is 6.98. The smallest absolute Gasteiger partial charge is 0.287 e. The Morgan fingerprint density at radius 2 is 1.79 bits per heavy atom. The number of carbonyl (C=O) groups is 1. The number of quaternary nitrogens is 1. The van der Waals surface area contributed by atoms with Gasteiger partial charge in [-0.05, 0) is 42.3 Å². The van der Waals surface area contributed by atoms with Crippen LogP contribution in [0.3, 0.4) is 0 Å². The Hall–Kier alpha value is -3.18. The summed E-state index contributed by atoms with van der Waals surface area (Å²) in [4.78, 5) is 13.1. The molecule has 0 unspecified atom stereocenters. The number of amides is 1. The highest BCUT2D eigenvalue weighted by Gasteiger charge is 2.24. The Morgan fingerprint density at radius 1 is 1.07 bits per heavy atom. The highest BCUT2D eigenvalue weighted by Crippen LogP contribution is 2.26. The van der Waals surface area contributed by atoms with Gasteiger partial charge in [0, 0.05) is 12.0 Å². The van der Waals surface area contributed by atoms with E-state index in [0.29, 0.717) is 18.0 Å². The van der Waals surface area contributed by atoms with Crippen LogP contribution < -0.4 is 15.4 Å². The summed E-state index contributed by atoms with van der Waals surface area (Å²) in [7, 11) is 1.59. The number of carbonyl (C=O) groups excluding carboxylic acids is 1. The zero-order valence-corrected chi connectivity index (χ0v) is 16.7. The van der Waals surface area contributed by atoms with Gasteiger partial charge < -0.3 is 15.4 Å². The molecule has 0 fully saturated rings. The van der Waals surface area contributed by atoms with Crippen LogP contribution in [-0.4, -0.2) is 19.6 Å². The molecular weight excluding hydrogens is 367 g/mol. The quantitative estimate of drug-likeness (QED) is 0.614. The molecule has 3 aromatic carbocycles. The average Bonchev–Trinajstić information content (AvgIpc) is 2.73. The zero-order valence-electron chi connectivity index (χ0n) is 16.7. The molecule has 0 spiro atoms. The third-order valence-corrected chi connectivity index (χ3v) is 4.80. The molecule has 3 rings (SSSR count). The van der Waals surface area contributed by atoms with E-state index in [1.807, 2.05) is 60.8 Å². The van der Waals surface area contributed by atoms with Gasteiger partial charge in [0.15, 0.2) is 6.04 Å². The number of hydrogen-bond acceptors (Lipinski definition) is 2. The third-order valence-electron chi connectivity index (χ3n) is 4.80. The van der Waals surface area contributed by atoms with Crippen LogP contribution in [-0.2, 0) is 11.2 Å². The maximum atomic E-state index is 13.1. The highest BCUT2D eigenvalue weighted by atomic mass is 19.1. The zero-order chi connectivity index (χ0) is 20.6. The molecule has 29 heavy (non-hydrogen) atoms. The molecule has 0 aromatic heterocycles. The summed E-state index contributed by atoms with van der Waals surface area (Å²) in [6.45, 7) is 2.67. The Balaban J connectivity index is 1.74. The lowest BCUT2D eigenvalue weighted by Gasteiger charge is -2.17. The predicted molar refractivity (Wildman–Crippen MR) is 112 cm³/mol. The fourth-order valence-electron chi connectivity index (χ4n) is 3.25. The monoisotopic (exact) mass is 393 g/mol. The van der Waals surface area contributed by atoms with Crippen LogP contribution in [0.4, 0.5) is 10.1 Å². The van der Waals surface area contributed by atoms with Crippen molar-refractivity contribution in [1.29, 1.82) is 0 Å². The molecule has 3 N–H and O–H groups in total. The van der Waals surface area contributed by atoms with E-state index in [1.165, 1.54) is 12.1 Å². The fraction of sp³-hybridized carbons (Fsp3) is 0.208. The SMILES string of the molecule is COc1ccc(C)cc1NC(=O)[C@@H]([NH2+]CCc1ccc(F)cc1)c1ccccc1. The van der Waals surface area contributed by atoms with E-state index in [4.69, 9.17) is 4.74 Å². The largest absolute Gasteiger partial charge is 0.495 e. The summed E-state index contributed by atoms with van der Waals surface area (Å²) in [6, 6.07) is 21.4. The van der Waals surface area contributed by atoms with Gasteiger partial charge in [-0.3, -0.25) is 4.79 Å². The molecule has 0 radical (unpaired) electrons. The summed E-state index contributed by atoms with van der Waals surface area (Å²) in [5, 5.41) is 5.02. The standard InChI is InChI=1S/C24H25FN2O2/c1-17-8-13-22(29-2)21(16-17)27-24(28)23(19-6-4-3-5-7-19)26-15-14-18-9-11-20(25)12-10-18/h3-13,16,23,26H,14-15H2,1-2H3,(H,27,28)/p+1/t23-/m0/s1. The van der Waals surface area contributed by atoms with E-state index >= 15 is 0 Å². The van der Waals surface area contributed by atoms with Crippen molar-refractivity contribution >= 4 is 11.6 Å². The molecule has 0 saturated heterocycles. The maximum absolute atomic E-state index is 13.1. The molecule has 3 aromatic rings. The molecule has 0 bridgehead atoms. The van der Waals surface area contributed by atoms with Gasteiger partial charge in [0.2, 0.25) is 0 Å². The van der Waals surface area contributed by atoms with Crippen molar-refractivity contribution in [3.63, 3.8) is 0 Å². The molecule has 0 saturated carbocycles. The Kier molecular flexibility index (Phi) is 6.98. The maximum Gasteiger partial charge on any atom is 0.287 e. The van der Waals surface area contributed by atoms with Crippen molar-refractivity contribution in [2.24, 2.45) is 0 Å². The van der Waals surface area contributed by atoms with E-state index in [1.54, 1.807) is 19.2 Å². The summed E-state index contributed by atoms with van der Waals surface area (Å²) < 4.78 is 18.5. The van der Waals surface area contributed by atoms with Crippen LogP contribution in [0.2, 0.25) is 0 Å². The van der Waals surface area contributed by atoms with Gasteiger partial charge in [0.25, 0.3) is 5.91 Å². The van der Waals surface area contributed by atoms with Gasteiger partial charge in [0.1, 0.15) is 11.6 Å². The molecular formula is C24H26FN2O2+. The molecule has 5 heteroatoms. The number of halogens is 1. The number of aryl methyl sites for hydroxylation is 1. The number of nitrogens with two attached hydrogens (primary N) is 1. The molecule has 0 aliphatic rings. The first-order valence-corrected chi connectivity index (χ1v) is 9.65. The number of ether oxygens (including phenoxy) is 1. The highest BCUT2D eigenvalue weighted by molar-refractivity contribution is 5.95. The lowest BCUT2D eigenvalue weighted by atomic mass is 10.0. The molecule has 150 valence electrons. The summed E-state index contributed by atoms with van der Waals surface area (Å²) in [5.74, 6) is 0.271. The van der Waals surface area contributed by atoms with Crippen molar-refractivity contribution in [3.05, 3.63) is 95.3 Å². The number of rotatable bonds is 8. The van der Waals surface area contributed by atoms with Crippen LogP contribution in [0.15, 0.2) is 72.8 Å². The molecule has 1 amide bonds. The third kappa shape index (κ3) is 5.65. The second-order valence-corrected chi connectivity index (χ2v) is 6.98. The normalized spacial score (nSPS) is 11.7. The Labute approximate surface area is 170 Å². The van der Waals surface area contributed by atoms with E-state index in [9.17, 15) is 9.18 Å². The van der Waals surface area contributed by atoms with Gasteiger partial charge in [-0.1, -0.05) is 48.5 Å². The average molecular weight is 393 g/mol. The van der Waals surface area contributed by atoms with Crippen molar-refractivity contribution in [2.75, 3.05) is 19.0 Å². The van der Waals surface area contributed by atoms with Crippen molar-refractivity contribution in [3.8, 4) is 5.75 Å². The number of benzene rings is 3. The van der Waals surface area contributed by atoms with Crippen LogP contribution >= 0.6 is 0 Å². The summed E-state index contributed by atoms with van der Waals surface area (Å²) >= 11 is 0. The van der Waals surface area contributed by atoms with Gasteiger partial charge in [-0.25, -0.2) is 4.39 Å². The van der Waals surface area contributed by atoms with Crippen molar-refractivity contribution < 1.29 is 19.2 Å². The fourth-order valence-corrected chi connectivity index (χ4v) is 3.25. The lowest BCUT2D eigenvalue weighted by Crippen LogP contribution is -2.87. The van der Waals surface area contributed by atoms with Crippen molar-refractivity contribution in [2.45, 2.75) is 19.4 Å². The predicted octanol–water partition coefficient (Wildman–Crippen LogP) is 3.63. The van der Waals surface area contributed by atoms with Crippen LogP contribution in [0.25, 0.3) is 0 Å². The van der Waals surface area contributed by atoms with Crippen LogP contribution in [0.1, 0.15) is 22.7 Å². The van der Waals surface area contributed by atoms with Gasteiger partial charge in [-0.2, -0.15) is 0 Å². The summed E-state index contributed by atoms with van der Waals surface area (Å²) in [5.41, 5.74) is 3.66. The first-order valence-electron chi connectivity index (χ1n) is 9.65. The van der Waals surface area contributed by atoms with E-state index < -0.39 is 6.04 Å². The molecule has 1 atom stereocenters. The minimum Gasteiger partial charge on any atom is -0.495 e. The van der Waals surface area contributed by atoms with Crippen molar-refractivity contribution in [1.82, 2.24) is 0 Å². The van der Waals surface area contributed by atoms with E-state index in [2.05, 4.69) is 5.32 Å². The van der Waals surface area contributed by atoms with Gasteiger partial charge in [-0.15, -0.1) is 0 Å². The Morgan fingerprint density at radius 3 is 2.48 bits per heavy atom. The van der Waals surface area contributed by atoms with E-state index in [-0.39, 0.29) is 11.7 Å². The first kappa shape index (κ1) is 20.6. The number of nitrogens with one attached hydrogen (secondary N) is 1. The van der Waals surface area contributed by atoms with Gasteiger partial charge >= 0.3 is 0 Å². The first-order chi connectivity index (χ1) is 14.1. The molecule has 0 aliphatic carbocycles. The summed E-state index contributed by atoms with van der Waals surface area (Å²) in [6.07, 6.45) is 0.741. The van der Waals surface area contributed by atoms with Gasteiger partial charge in [0.05, 0.1) is 19.3 Å². The van der Waals surface area contributed by atoms with E-state index in [0.717, 1.165) is 23.1 Å². The van der Waals surface area contributed by atoms with Crippen LogP contribution in [0.5, 0.6) is 5.75 Å². The lowest BCUT2D eigenvalue weighted by molar-refractivity contribution is -0.682. The topological polar surface area (TPSA) is 54.9 Å². The number of anilines is 1. The molecule has 0 heterocycles. The Bertz CT molecular complexity index is 943. The second kappa shape index (κ2) is 9.85. The number of methoxy groups -OCH3 is 1.